The quantitative estimate of drug-likeness (QED) is 0.755. The highest BCUT2D eigenvalue weighted by atomic mass is 19.1. The molecule has 3 nitrogen and oxygen atoms in total. The van der Waals surface area contributed by atoms with Crippen molar-refractivity contribution in [1.29, 1.82) is 0 Å². The van der Waals surface area contributed by atoms with Crippen LogP contribution in [0.2, 0.25) is 0 Å². The Morgan fingerprint density at radius 2 is 1.70 bits per heavy atom. The molecule has 0 saturated heterocycles. The average Bonchev–Trinajstić information content (AvgIpc) is 2.64. The van der Waals surface area contributed by atoms with Crippen molar-refractivity contribution in [2.24, 2.45) is 0 Å². The fourth-order valence-corrected chi connectivity index (χ4v) is 4.14. The van der Waals surface area contributed by atoms with Gasteiger partial charge in [-0.05, 0) is 67.6 Å². The Morgan fingerprint density at radius 3 is 2.41 bits per heavy atom. The molecular formula is C23H22FNO2. The Balaban J connectivity index is 1.85. The molecule has 2 aliphatic rings. The lowest BCUT2D eigenvalue weighted by atomic mass is 9.77. The number of rotatable bonds is 2. The second kappa shape index (κ2) is 6.76. The van der Waals surface area contributed by atoms with Gasteiger partial charge in [-0.3, -0.25) is 14.5 Å². The van der Waals surface area contributed by atoms with E-state index in [1.165, 1.54) is 17.7 Å². The van der Waals surface area contributed by atoms with Crippen LogP contribution >= 0.6 is 0 Å². The Morgan fingerprint density at radius 1 is 0.963 bits per heavy atom. The van der Waals surface area contributed by atoms with Crippen molar-refractivity contribution in [1.82, 2.24) is 0 Å². The van der Waals surface area contributed by atoms with E-state index < -0.39 is 0 Å². The number of carbonyl (C=O) groups is 2. The van der Waals surface area contributed by atoms with E-state index in [-0.39, 0.29) is 29.8 Å². The summed E-state index contributed by atoms with van der Waals surface area (Å²) in [6.45, 7) is 4.06. The first-order chi connectivity index (χ1) is 13.0. The zero-order valence-corrected chi connectivity index (χ0v) is 15.6. The Kier molecular flexibility index (Phi) is 4.42. The smallest absolute Gasteiger partial charge is 0.232 e. The molecule has 0 spiro atoms. The number of aryl methyl sites for hydroxylation is 2. The van der Waals surface area contributed by atoms with Crippen LogP contribution in [0.25, 0.3) is 0 Å². The van der Waals surface area contributed by atoms with Gasteiger partial charge in [0, 0.05) is 35.7 Å². The first-order valence-electron chi connectivity index (χ1n) is 9.37. The van der Waals surface area contributed by atoms with Crippen LogP contribution in [0.3, 0.4) is 0 Å². The van der Waals surface area contributed by atoms with Crippen LogP contribution in [0.5, 0.6) is 0 Å². The molecule has 4 rings (SSSR count). The highest BCUT2D eigenvalue weighted by molar-refractivity contribution is 6.07. The maximum Gasteiger partial charge on any atom is 0.232 e. The number of nitrogens with zero attached hydrogens (tertiary/aromatic N) is 1. The van der Waals surface area contributed by atoms with Gasteiger partial charge in [-0.25, -0.2) is 4.39 Å². The minimum absolute atomic E-state index is 0.0129. The van der Waals surface area contributed by atoms with Crippen LogP contribution in [-0.4, -0.2) is 11.7 Å². The molecule has 4 heteroatoms. The maximum atomic E-state index is 13.3. The molecule has 0 radical (unpaired) electrons. The summed E-state index contributed by atoms with van der Waals surface area (Å²) < 4.78 is 13.3. The number of allylic oxidation sites excluding steroid dienone is 2. The summed E-state index contributed by atoms with van der Waals surface area (Å²) in [5.41, 5.74) is 5.48. The predicted molar refractivity (Wildman–Crippen MR) is 103 cm³/mol. The first-order valence-corrected chi connectivity index (χ1v) is 9.37. The first kappa shape index (κ1) is 17.7. The standard InChI is InChI=1S/C23H22FNO2/c1-14-6-11-18(12-15(14)2)25-20-4-3-5-21(26)23(20)19(13-22(25)27)16-7-9-17(24)10-8-16/h6-12,19H,3-5,13H2,1-2H3. The Hall–Kier alpha value is -2.75. The maximum absolute atomic E-state index is 13.3. The Bertz CT molecular complexity index is 959. The van der Waals surface area contributed by atoms with Crippen molar-refractivity contribution in [3.05, 3.63) is 76.2 Å². The largest absolute Gasteiger partial charge is 0.294 e. The minimum atomic E-state index is -0.318. The highest BCUT2D eigenvalue weighted by Crippen LogP contribution is 2.43. The Labute approximate surface area is 158 Å². The predicted octanol–water partition coefficient (Wildman–Crippen LogP) is 4.97. The lowest BCUT2D eigenvalue weighted by Crippen LogP contribution is -2.40. The third-order valence-corrected chi connectivity index (χ3v) is 5.70. The van der Waals surface area contributed by atoms with Crippen molar-refractivity contribution in [2.75, 3.05) is 4.90 Å². The number of amides is 1. The average molecular weight is 363 g/mol. The van der Waals surface area contributed by atoms with Crippen LogP contribution in [0.4, 0.5) is 10.1 Å². The van der Waals surface area contributed by atoms with Crippen molar-refractivity contribution < 1.29 is 14.0 Å². The molecule has 1 amide bonds. The summed E-state index contributed by atoms with van der Waals surface area (Å²) in [5.74, 6) is -0.515. The summed E-state index contributed by atoms with van der Waals surface area (Å²) in [7, 11) is 0. The molecule has 27 heavy (non-hydrogen) atoms. The van der Waals surface area contributed by atoms with Crippen LogP contribution in [0, 0.1) is 19.7 Å². The van der Waals surface area contributed by atoms with Gasteiger partial charge in [0.1, 0.15) is 5.82 Å². The second-order valence-corrected chi connectivity index (χ2v) is 7.44. The van der Waals surface area contributed by atoms with Crippen LogP contribution in [0.15, 0.2) is 53.7 Å². The number of halogens is 1. The van der Waals surface area contributed by atoms with Gasteiger partial charge >= 0.3 is 0 Å². The number of benzene rings is 2. The monoisotopic (exact) mass is 363 g/mol. The molecule has 0 saturated carbocycles. The van der Waals surface area contributed by atoms with E-state index >= 15 is 0 Å². The van der Waals surface area contributed by atoms with E-state index in [1.807, 2.05) is 32.0 Å². The van der Waals surface area contributed by atoms with E-state index in [9.17, 15) is 14.0 Å². The van der Waals surface area contributed by atoms with Crippen molar-refractivity contribution in [2.45, 2.75) is 45.4 Å². The van der Waals surface area contributed by atoms with Gasteiger partial charge < -0.3 is 0 Å². The molecule has 1 heterocycles. The number of Topliss-reactive ketones (excluding diaryl/α,β-unsaturated/α-hetero) is 1. The topological polar surface area (TPSA) is 37.4 Å². The molecular weight excluding hydrogens is 341 g/mol. The van der Waals surface area contributed by atoms with Crippen LogP contribution in [0.1, 0.15) is 48.3 Å². The van der Waals surface area contributed by atoms with E-state index in [2.05, 4.69) is 0 Å². The molecule has 138 valence electrons. The second-order valence-electron chi connectivity index (χ2n) is 7.44. The lowest BCUT2D eigenvalue weighted by molar-refractivity contribution is -0.119. The molecule has 2 aromatic carbocycles. The molecule has 0 aromatic heterocycles. The summed E-state index contributed by atoms with van der Waals surface area (Å²) in [5, 5.41) is 0. The molecule has 0 N–H and O–H groups in total. The third-order valence-electron chi connectivity index (χ3n) is 5.70. The molecule has 2 aromatic rings. The number of carbonyl (C=O) groups excluding carboxylic acids is 2. The van der Waals surface area contributed by atoms with Gasteiger partial charge in [0.25, 0.3) is 0 Å². The highest BCUT2D eigenvalue weighted by Gasteiger charge is 2.39. The summed E-state index contributed by atoms with van der Waals surface area (Å²) in [4.78, 5) is 27.7. The molecule has 1 aliphatic carbocycles. The van der Waals surface area contributed by atoms with Crippen molar-refractivity contribution >= 4 is 17.4 Å². The van der Waals surface area contributed by atoms with Gasteiger partial charge in [-0.1, -0.05) is 18.2 Å². The van der Waals surface area contributed by atoms with Gasteiger partial charge in [0.05, 0.1) is 0 Å². The van der Waals surface area contributed by atoms with Gasteiger partial charge in [0.15, 0.2) is 5.78 Å². The van der Waals surface area contributed by atoms with E-state index in [4.69, 9.17) is 0 Å². The van der Waals surface area contributed by atoms with Crippen molar-refractivity contribution in [3.63, 3.8) is 0 Å². The normalized spacial score (nSPS) is 20.1. The summed E-state index contributed by atoms with van der Waals surface area (Å²) in [6.07, 6.45) is 2.19. The zero-order chi connectivity index (χ0) is 19.1. The van der Waals surface area contributed by atoms with Crippen LogP contribution in [-0.2, 0) is 9.59 Å². The molecule has 1 unspecified atom stereocenters. The molecule has 1 aliphatic heterocycles. The van der Waals surface area contributed by atoms with E-state index in [0.29, 0.717) is 12.8 Å². The summed E-state index contributed by atoms with van der Waals surface area (Å²) in [6, 6.07) is 12.1. The van der Waals surface area contributed by atoms with Crippen LogP contribution < -0.4 is 4.90 Å². The number of hydrogen-bond donors (Lipinski definition) is 0. The van der Waals surface area contributed by atoms with Gasteiger partial charge in [-0.2, -0.15) is 0 Å². The van der Waals surface area contributed by atoms with Gasteiger partial charge in [0.2, 0.25) is 5.91 Å². The number of anilines is 1. The zero-order valence-electron chi connectivity index (χ0n) is 15.6. The van der Waals surface area contributed by atoms with E-state index in [0.717, 1.165) is 34.5 Å². The fraction of sp³-hybridized carbons (Fsp3) is 0.304. The van der Waals surface area contributed by atoms with E-state index in [1.54, 1.807) is 17.0 Å². The van der Waals surface area contributed by atoms with Gasteiger partial charge in [-0.15, -0.1) is 0 Å². The number of hydrogen-bond acceptors (Lipinski definition) is 2. The lowest BCUT2D eigenvalue weighted by Gasteiger charge is -2.38. The summed E-state index contributed by atoms with van der Waals surface area (Å²) >= 11 is 0. The minimum Gasteiger partial charge on any atom is -0.294 e. The number of ketones is 1. The SMILES string of the molecule is Cc1ccc(N2C(=O)CC(c3ccc(F)cc3)C3=C2CCCC3=O)cc1C. The molecule has 0 fully saturated rings. The molecule has 1 atom stereocenters. The molecule has 0 bridgehead atoms. The van der Waals surface area contributed by atoms with Crippen molar-refractivity contribution in [3.8, 4) is 0 Å². The third kappa shape index (κ3) is 3.09. The fourth-order valence-electron chi connectivity index (χ4n) is 4.14.